The summed E-state index contributed by atoms with van der Waals surface area (Å²) in [5.41, 5.74) is 0.600. The third-order valence-electron chi connectivity index (χ3n) is 2.14. The highest BCUT2D eigenvalue weighted by Crippen LogP contribution is 2.32. The molecule has 4 nitrogen and oxygen atoms in total. The standard InChI is InChI=1S/C11H10F4N2O2/c1-19-5-10(17-16-6-18)7-2-3-9(12)8(4-7)11(13,14)15/h2-4,6H,5H2,1H3,(H,16,18)/b17-10+. The van der Waals surface area contributed by atoms with Gasteiger partial charge in [0, 0.05) is 12.7 Å². The summed E-state index contributed by atoms with van der Waals surface area (Å²) in [5, 5.41) is 3.54. The molecule has 0 spiro atoms. The monoisotopic (exact) mass is 278 g/mol. The molecule has 8 heteroatoms. The van der Waals surface area contributed by atoms with Crippen molar-refractivity contribution < 1.29 is 27.1 Å². The summed E-state index contributed by atoms with van der Waals surface area (Å²) >= 11 is 0. The van der Waals surface area contributed by atoms with Crippen LogP contribution < -0.4 is 5.43 Å². The molecule has 1 aromatic carbocycles. The normalized spacial score (nSPS) is 12.4. The van der Waals surface area contributed by atoms with Crippen molar-refractivity contribution >= 4 is 12.1 Å². The summed E-state index contributed by atoms with van der Waals surface area (Å²) in [6, 6.07) is 2.42. The van der Waals surface area contributed by atoms with Gasteiger partial charge in [0.2, 0.25) is 6.41 Å². The van der Waals surface area contributed by atoms with Crippen molar-refractivity contribution in [2.75, 3.05) is 13.7 Å². The zero-order chi connectivity index (χ0) is 14.5. The molecule has 104 valence electrons. The van der Waals surface area contributed by atoms with E-state index in [1.54, 1.807) is 0 Å². The number of hydrogen-bond donors (Lipinski definition) is 1. The number of benzene rings is 1. The van der Waals surface area contributed by atoms with E-state index in [9.17, 15) is 22.4 Å². The maximum absolute atomic E-state index is 13.1. The van der Waals surface area contributed by atoms with E-state index in [4.69, 9.17) is 4.74 Å². The van der Waals surface area contributed by atoms with Crippen LogP contribution in [-0.4, -0.2) is 25.8 Å². The Labute approximate surface area is 106 Å². The van der Waals surface area contributed by atoms with E-state index < -0.39 is 17.6 Å². The van der Waals surface area contributed by atoms with Crippen molar-refractivity contribution in [3.05, 3.63) is 35.1 Å². The summed E-state index contributed by atoms with van der Waals surface area (Å²) in [6.07, 6.45) is -4.56. The predicted octanol–water partition coefficient (Wildman–Crippen LogP) is 1.94. The fourth-order valence-corrected chi connectivity index (χ4v) is 1.34. The topological polar surface area (TPSA) is 50.7 Å². The number of alkyl halides is 3. The molecule has 0 unspecified atom stereocenters. The maximum Gasteiger partial charge on any atom is 0.419 e. The number of halogens is 4. The fraction of sp³-hybridized carbons (Fsp3) is 0.273. The quantitative estimate of drug-likeness (QED) is 0.387. The highest BCUT2D eigenvalue weighted by molar-refractivity contribution is 6.01. The number of nitrogens with one attached hydrogen (secondary N) is 1. The molecular weight excluding hydrogens is 268 g/mol. The average Bonchev–Trinajstić information content (AvgIpc) is 2.34. The first-order chi connectivity index (χ1) is 8.90. The van der Waals surface area contributed by atoms with Crippen molar-refractivity contribution in [1.82, 2.24) is 5.43 Å². The molecule has 0 saturated heterocycles. The minimum absolute atomic E-state index is 0.00456. The number of methoxy groups -OCH3 is 1. The largest absolute Gasteiger partial charge is 0.419 e. The van der Waals surface area contributed by atoms with E-state index in [0.717, 1.165) is 6.07 Å². The molecule has 0 radical (unpaired) electrons. The van der Waals surface area contributed by atoms with E-state index in [1.807, 2.05) is 5.43 Å². The summed E-state index contributed by atoms with van der Waals surface area (Å²) in [4.78, 5) is 10.1. The van der Waals surface area contributed by atoms with Crippen LogP contribution in [0.25, 0.3) is 0 Å². The van der Waals surface area contributed by atoms with E-state index in [2.05, 4.69) is 5.10 Å². The van der Waals surface area contributed by atoms with Gasteiger partial charge >= 0.3 is 6.18 Å². The highest BCUT2D eigenvalue weighted by Gasteiger charge is 2.34. The minimum Gasteiger partial charge on any atom is -0.378 e. The zero-order valence-electron chi connectivity index (χ0n) is 9.79. The number of amides is 1. The van der Waals surface area contributed by atoms with Gasteiger partial charge < -0.3 is 4.74 Å². The number of rotatable bonds is 5. The molecule has 0 aliphatic rings. The molecule has 0 aliphatic heterocycles. The van der Waals surface area contributed by atoms with E-state index in [0.29, 0.717) is 12.1 Å². The van der Waals surface area contributed by atoms with Crippen LogP contribution in [0, 0.1) is 5.82 Å². The van der Waals surface area contributed by atoms with E-state index >= 15 is 0 Å². The second-order valence-corrected chi connectivity index (χ2v) is 3.43. The summed E-state index contributed by atoms with van der Waals surface area (Å²) in [7, 11) is 1.31. The molecule has 1 N–H and O–H groups in total. The lowest BCUT2D eigenvalue weighted by atomic mass is 10.1. The van der Waals surface area contributed by atoms with Gasteiger partial charge in [0.1, 0.15) is 5.82 Å². The Kier molecular flexibility index (Phi) is 4.99. The van der Waals surface area contributed by atoms with Crippen LogP contribution in [0.4, 0.5) is 17.6 Å². The second-order valence-electron chi connectivity index (χ2n) is 3.43. The maximum atomic E-state index is 13.1. The SMILES string of the molecule is COC/C(=N\NC=O)c1ccc(F)c(C(F)(F)F)c1. The average molecular weight is 278 g/mol. The Morgan fingerprint density at radius 1 is 1.47 bits per heavy atom. The van der Waals surface area contributed by atoms with Crippen LogP contribution in [0.2, 0.25) is 0 Å². The number of nitrogens with zero attached hydrogens (tertiary/aromatic N) is 1. The molecule has 1 rings (SSSR count). The van der Waals surface area contributed by atoms with Crippen LogP contribution in [-0.2, 0) is 15.7 Å². The molecule has 0 fully saturated rings. The zero-order valence-corrected chi connectivity index (χ0v) is 9.79. The molecule has 0 aromatic heterocycles. The van der Waals surface area contributed by atoms with E-state index in [-0.39, 0.29) is 24.3 Å². The lowest BCUT2D eigenvalue weighted by molar-refractivity contribution is -0.140. The van der Waals surface area contributed by atoms with Gasteiger partial charge in [-0.25, -0.2) is 9.82 Å². The van der Waals surface area contributed by atoms with Gasteiger partial charge in [-0.2, -0.15) is 18.3 Å². The van der Waals surface area contributed by atoms with Gasteiger partial charge in [-0.3, -0.25) is 4.79 Å². The van der Waals surface area contributed by atoms with Crippen molar-refractivity contribution in [2.45, 2.75) is 6.18 Å². The fourth-order valence-electron chi connectivity index (χ4n) is 1.34. The number of carbonyl (C=O) groups excluding carboxylic acids is 1. The van der Waals surface area contributed by atoms with Gasteiger partial charge in [-0.05, 0) is 12.1 Å². The Morgan fingerprint density at radius 2 is 2.16 bits per heavy atom. The predicted molar refractivity (Wildman–Crippen MR) is 59.0 cm³/mol. The first kappa shape index (κ1) is 15.1. The van der Waals surface area contributed by atoms with E-state index in [1.165, 1.54) is 7.11 Å². The number of ether oxygens (including phenoxy) is 1. The first-order valence-electron chi connectivity index (χ1n) is 5.02. The molecule has 0 atom stereocenters. The van der Waals surface area contributed by atoms with Crippen molar-refractivity contribution in [1.29, 1.82) is 0 Å². The molecule has 19 heavy (non-hydrogen) atoms. The van der Waals surface area contributed by atoms with Crippen LogP contribution in [0.5, 0.6) is 0 Å². The van der Waals surface area contributed by atoms with Gasteiger partial charge in [0.25, 0.3) is 0 Å². The Balaban J connectivity index is 3.22. The minimum atomic E-state index is -4.81. The van der Waals surface area contributed by atoms with Crippen LogP contribution in [0.1, 0.15) is 11.1 Å². The van der Waals surface area contributed by atoms with Crippen LogP contribution in [0.15, 0.2) is 23.3 Å². The van der Waals surface area contributed by atoms with Crippen molar-refractivity contribution in [3.8, 4) is 0 Å². The lowest BCUT2D eigenvalue weighted by Crippen LogP contribution is -2.16. The Hall–Kier alpha value is -1.96. The third kappa shape index (κ3) is 4.02. The number of hydrazone groups is 1. The lowest BCUT2D eigenvalue weighted by Gasteiger charge is -2.11. The summed E-state index contributed by atoms with van der Waals surface area (Å²) in [5.74, 6) is -1.38. The summed E-state index contributed by atoms with van der Waals surface area (Å²) < 4.78 is 55.5. The molecule has 0 heterocycles. The molecule has 0 saturated carbocycles. The Morgan fingerprint density at radius 3 is 2.68 bits per heavy atom. The molecule has 0 aliphatic carbocycles. The van der Waals surface area contributed by atoms with Gasteiger partial charge in [-0.1, -0.05) is 6.07 Å². The van der Waals surface area contributed by atoms with Gasteiger partial charge in [-0.15, -0.1) is 0 Å². The highest BCUT2D eigenvalue weighted by atomic mass is 19.4. The molecule has 1 aromatic rings. The van der Waals surface area contributed by atoms with Crippen molar-refractivity contribution in [3.63, 3.8) is 0 Å². The van der Waals surface area contributed by atoms with Crippen LogP contribution >= 0.6 is 0 Å². The second kappa shape index (κ2) is 6.28. The third-order valence-corrected chi connectivity index (χ3v) is 2.14. The summed E-state index contributed by atoms with van der Waals surface area (Å²) in [6.45, 7) is -0.135. The smallest absolute Gasteiger partial charge is 0.378 e. The van der Waals surface area contributed by atoms with Gasteiger partial charge in [0.15, 0.2) is 0 Å². The first-order valence-corrected chi connectivity index (χ1v) is 5.02. The van der Waals surface area contributed by atoms with Crippen LogP contribution in [0.3, 0.4) is 0 Å². The molecule has 1 amide bonds. The molecular formula is C11H10F4N2O2. The Bertz CT molecular complexity index is 486. The number of carbonyl (C=O) groups is 1. The van der Waals surface area contributed by atoms with Crippen molar-refractivity contribution in [2.24, 2.45) is 5.10 Å². The number of hydrogen-bond acceptors (Lipinski definition) is 3. The molecule has 0 bridgehead atoms. The van der Waals surface area contributed by atoms with Gasteiger partial charge in [0.05, 0.1) is 17.9 Å².